The van der Waals surface area contributed by atoms with Gasteiger partial charge >= 0.3 is 0 Å². The van der Waals surface area contributed by atoms with E-state index in [1.165, 1.54) is 15.9 Å². The number of hydrogen-bond donors (Lipinski definition) is 0. The summed E-state index contributed by atoms with van der Waals surface area (Å²) >= 11 is 12.5. The van der Waals surface area contributed by atoms with E-state index in [-0.39, 0.29) is 5.82 Å². The molecule has 1 aromatic carbocycles. The Hall–Kier alpha value is -1.50. The van der Waals surface area contributed by atoms with Gasteiger partial charge in [0.05, 0.1) is 0 Å². The summed E-state index contributed by atoms with van der Waals surface area (Å²) in [5.74, 6) is 0.0168. The van der Waals surface area contributed by atoms with E-state index in [1.807, 2.05) is 12.1 Å². The number of rotatable bonds is 2. The zero-order valence-electron chi connectivity index (χ0n) is 8.67. The fourth-order valence-corrected chi connectivity index (χ4v) is 2.54. The first-order chi connectivity index (χ1) is 8.65. The minimum absolute atomic E-state index is 0.0168. The van der Waals surface area contributed by atoms with Crippen molar-refractivity contribution >= 4 is 44.7 Å². The second kappa shape index (κ2) is 4.31. The molecule has 8 heteroatoms. The molecule has 2 aromatic heterocycles. The zero-order valence-corrected chi connectivity index (χ0v) is 11.0. The maximum Gasteiger partial charge on any atom is 0.291 e. The summed E-state index contributed by atoms with van der Waals surface area (Å²) in [6.07, 6.45) is 0. The Labute approximate surface area is 115 Å². The monoisotopic (exact) mass is 298 g/mol. The van der Waals surface area contributed by atoms with Crippen LogP contribution in [0.4, 0.5) is 0 Å². The minimum atomic E-state index is -0.685. The largest absolute Gasteiger partial charge is 0.291 e. The number of benzene rings is 1. The standard InChI is InChI=1S/C10H4Cl2N4OS/c11-6-3-1-5(2-4-6)9-15-16-8(7(12)17)13-14-10(16)18-9/h1-4H. The predicted octanol–water partition coefficient (Wildman–Crippen LogP) is 2.89. The van der Waals surface area contributed by atoms with Crippen LogP contribution in [-0.2, 0) is 0 Å². The van der Waals surface area contributed by atoms with Crippen LogP contribution in [0.2, 0.25) is 5.02 Å². The summed E-state index contributed by atoms with van der Waals surface area (Å²) in [7, 11) is 0. The van der Waals surface area contributed by atoms with Gasteiger partial charge in [-0.15, -0.1) is 10.2 Å². The van der Waals surface area contributed by atoms with Crippen molar-refractivity contribution in [1.29, 1.82) is 0 Å². The smallest absolute Gasteiger partial charge is 0.272 e. The molecule has 0 saturated heterocycles. The number of aromatic nitrogens is 4. The topological polar surface area (TPSA) is 60.2 Å². The highest BCUT2D eigenvalue weighted by molar-refractivity contribution is 7.19. The third-order valence-corrected chi connectivity index (χ3v) is 3.63. The summed E-state index contributed by atoms with van der Waals surface area (Å²) < 4.78 is 1.34. The van der Waals surface area contributed by atoms with Crippen LogP contribution in [0.3, 0.4) is 0 Å². The Kier molecular flexibility index (Phi) is 2.77. The molecule has 0 aliphatic carbocycles. The van der Waals surface area contributed by atoms with Crippen molar-refractivity contribution in [2.24, 2.45) is 0 Å². The van der Waals surface area contributed by atoms with Gasteiger partial charge in [0.1, 0.15) is 5.01 Å². The van der Waals surface area contributed by atoms with Gasteiger partial charge in [-0.3, -0.25) is 4.79 Å². The molecule has 0 saturated carbocycles. The van der Waals surface area contributed by atoms with Gasteiger partial charge < -0.3 is 0 Å². The lowest BCUT2D eigenvalue weighted by Gasteiger charge is -1.94. The lowest BCUT2D eigenvalue weighted by molar-refractivity contribution is 0.107. The Balaban J connectivity index is 2.13. The Morgan fingerprint density at radius 3 is 2.61 bits per heavy atom. The molecular formula is C10H4Cl2N4OS. The number of carbonyl (C=O) groups is 1. The van der Waals surface area contributed by atoms with E-state index in [0.717, 1.165) is 10.6 Å². The van der Waals surface area contributed by atoms with Crippen LogP contribution in [0, 0.1) is 0 Å². The first kappa shape index (κ1) is 11.6. The Morgan fingerprint density at radius 1 is 1.22 bits per heavy atom. The number of nitrogens with zero attached hydrogens (tertiary/aromatic N) is 4. The van der Waals surface area contributed by atoms with Gasteiger partial charge in [-0.2, -0.15) is 9.61 Å². The van der Waals surface area contributed by atoms with Crippen LogP contribution >= 0.6 is 34.5 Å². The summed E-state index contributed by atoms with van der Waals surface area (Å²) in [5, 5.41) is 12.4. The minimum Gasteiger partial charge on any atom is -0.272 e. The summed E-state index contributed by atoms with van der Waals surface area (Å²) in [6, 6.07) is 7.23. The normalized spacial score (nSPS) is 11.0. The fourth-order valence-electron chi connectivity index (χ4n) is 1.45. The number of fused-ring (bicyclic) bond motifs is 1. The van der Waals surface area contributed by atoms with Crippen molar-refractivity contribution in [1.82, 2.24) is 19.8 Å². The molecule has 2 heterocycles. The molecule has 3 aromatic rings. The molecule has 0 spiro atoms. The molecule has 18 heavy (non-hydrogen) atoms. The molecule has 0 fully saturated rings. The zero-order chi connectivity index (χ0) is 12.7. The van der Waals surface area contributed by atoms with Gasteiger partial charge in [0.25, 0.3) is 5.24 Å². The highest BCUT2D eigenvalue weighted by Crippen LogP contribution is 2.26. The van der Waals surface area contributed by atoms with Crippen LogP contribution in [0.1, 0.15) is 10.6 Å². The maximum absolute atomic E-state index is 11.1. The molecule has 3 rings (SSSR count). The molecule has 0 unspecified atom stereocenters. The van der Waals surface area contributed by atoms with Crippen molar-refractivity contribution < 1.29 is 4.79 Å². The van der Waals surface area contributed by atoms with Crippen molar-refractivity contribution in [2.45, 2.75) is 0 Å². The van der Waals surface area contributed by atoms with E-state index in [1.54, 1.807) is 12.1 Å². The van der Waals surface area contributed by atoms with Gasteiger partial charge in [0, 0.05) is 10.6 Å². The number of halogens is 2. The quantitative estimate of drug-likeness (QED) is 0.683. The summed E-state index contributed by atoms with van der Waals surface area (Å²) in [5.41, 5.74) is 0.892. The van der Waals surface area contributed by atoms with Crippen molar-refractivity contribution in [3.8, 4) is 10.6 Å². The average Bonchev–Trinajstić information content (AvgIpc) is 2.88. The van der Waals surface area contributed by atoms with Gasteiger partial charge in [-0.25, -0.2) is 0 Å². The van der Waals surface area contributed by atoms with E-state index in [9.17, 15) is 4.79 Å². The van der Waals surface area contributed by atoms with Gasteiger partial charge in [0.15, 0.2) is 0 Å². The predicted molar refractivity (Wildman–Crippen MR) is 69.3 cm³/mol. The molecule has 0 aliphatic heterocycles. The van der Waals surface area contributed by atoms with Crippen LogP contribution in [-0.4, -0.2) is 25.1 Å². The van der Waals surface area contributed by atoms with Crippen LogP contribution in [0.25, 0.3) is 15.5 Å². The van der Waals surface area contributed by atoms with Crippen LogP contribution in [0.5, 0.6) is 0 Å². The van der Waals surface area contributed by atoms with E-state index in [4.69, 9.17) is 23.2 Å². The Bertz CT molecular complexity index is 734. The van der Waals surface area contributed by atoms with E-state index in [0.29, 0.717) is 9.98 Å². The highest BCUT2D eigenvalue weighted by Gasteiger charge is 2.16. The second-order valence-electron chi connectivity index (χ2n) is 3.41. The molecule has 90 valence electrons. The SMILES string of the molecule is O=C(Cl)c1nnc2sc(-c3ccc(Cl)cc3)nn12. The average molecular weight is 299 g/mol. The van der Waals surface area contributed by atoms with E-state index in [2.05, 4.69) is 15.3 Å². The number of carbonyl (C=O) groups excluding carboxylic acids is 1. The van der Waals surface area contributed by atoms with Crippen molar-refractivity contribution in [3.05, 3.63) is 35.1 Å². The third-order valence-electron chi connectivity index (χ3n) is 2.26. The van der Waals surface area contributed by atoms with E-state index >= 15 is 0 Å². The van der Waals surface area contributed by atoms with Crippen LogP contribution in [0.15, 0.2) is 24.3 Å². The molecular weight excluding hydrogens is 295 g/mol. The first-order valence-electron chi connectivity index (χ1n) is 4.83. The molecule has 0 radical (unpaired) electrons. The maximum atomic E-state index is 11.1. The van der Waals surface area contributed by atoms with Gasteiger partial charge in [0.2, 0.25) is 10.8 Å². The fraction of sp³-hybridized carbons (Fsp3) is 0. The third kappa shape index (κ3) is 1.88. The van der Waals surface area contributed by atoms with Crippen LogP contribution < -0.4 is 0 Å². The van der Waals surface area contributed by atoms with Crippen molar-refractivity contribution in [2.75, 3.05) is 0 Å². The first-order valence-corrected chi connectivity index (χ1v) is 6.40. The lowest BCUT2D eigenvalue weighted by Crippen LogP contribution is -1.99. The molecule has 0 atom stereocenters. The van der Waals surface area contributed by atoms with E-state index < -0.39 is 5.24 Å². The molecule has 0 amide bonds. The summed E-state index contributed by atoms with van der Waals surface area (Å²) in [4.78, 5) is 11.6. The molecule has 0 aliphatic rings. The highest BCUT2D eigenvalue weighted by atomic mass is 35.5. The van der Waals surface area contributed by atoms with Gasteiger partial charge in [-0.05, 0) is 23.7 Å². The summed E-state index contributed by atoms with van der Waals surface area (Å²) in [6.45, 7) is 0. The lowest BCUT2D eigenvalue weighted by atomic mass is 10.2. The number of hydrogen-bond acceptors (Lipinski definition) is 5. The molecule has 0 bridgehead atoms. The Morgan fingerprint density at radius 2 is 1.94 bits per heavy atom. The van der Waals surface area contributed by atoms with Crippen molar-refractivity contribution in [3.63, 3.8) is 0 Å². The van der Waals surface area contributed by atoms with Gasteiger partial charge in [-0.1, -0.05) is 35.1 Å². The molecule has 5 nitrogen and oxygen atoms in total. The second-order valence-corrected chi connectivity index (χ2v) is 5.14. The molecule has 0 N–H and O–H groups in total.